The molecule has 0 aliphatic carbocycles. The quantitative estimate of drug-likeness (QED) is 0.891. The minimum atomic E-state index is 0.619. The van der Waals surface area contributed by atoms with Crippen LogP contribution in [0.5, 0.6) is 5.88 Å². The van der Waals surface area contributed by atoms with E-state index < -0.39 is 0 Å². The van der Waals surface area contributed by atoms with E-state index in [-0.39, 0.29) is 0 Å². The highest BCUT2D eigenvalue weighted by atomic mass is 16.5. The molecule has 0 unspecified atom stereocenters. The maximum Gasteiger partial charge on any atom is 0.237 e. The van der Waals surface area contributed by atoms with Crippen LogP contribution in [0.4, 0.5) is 5.69 Å². The highest BCUT2D eigenvalue weighted by Crippen LogP contribution is 2.23. The average molecular weight is 270 g/mol. The van der Waals surface area contributed by atoms with Crippen molar-refractivity contribution in [1.29, 1.82) is 0 Å². The van der Waals surface area contributed by atoms with Crippen LogP contribution >= 0.6 is 0 Å². The molecule has 1 aromatic heterocycles. The number of anilines is 1. The van der Waals surface area contributed by atoms with Gasteiger partial charge in [-0.15, -0.1) is 0 Å². The Kier molecular flexibility index (Phi) is 4.61. The second-order valence-electron chi connectivity index (χ2n) is 5.02. The fraction of sp³-hybridized carbons (Fsp3) is 0.353. The van der Waals surface area contributed by atoms with E-state index in [0.29, 0.717) is 12.5 Å². The number of nitrogens with one attached hydrogen (secondary N) is 1. The normalized spacial score (nSPS) is 10.4. The van der Waals surface area contributed by atoms with E-state index in [9.17, 15) is 0 Å². The van der Waals surface area contributed by atoms with Gasteiger partial charge >= 0.3 is 0 Å². The molecule has 0 saturated heterocycles. The summed E-state index contributed by atoms with van der Waals surface area (Å²) in [5.41, 5.74) is 6.21. The number of ether oxygens (including phenoxy) is 1. The molecule has 0 bridgehead atoms. The number of aromatic nitrogens is 1. The Morgan fingerprint density at radius 3 is 2.50 bits per heavy atom. The summed E-state index contributed by atoms with van der Waals surface area (Å²) in [6.07, 6.45) is 1.75. The van der Waals surface area contributed by atoms with Crippen LogP contribution in [0.15, 0.2) is 30.5 Å². The molecule has 0 aliphatic rings. The van der Waals surface area contributed by atoms with E-state index in [2.05, 4.69) is 43.2 Å². The van der Waals surface area contributed by atoms with Gasteiger partial charge in [-0.05, 0) is 56.5 Å². The Labute approximate surface area is 121 Å². The molecule has 0 aliphatic heterocycles. The van der Waals surface area contributed by atoms with Crippen molar-refractivity contribution >= 4 is 5.69 Å². The first kappa shape index (κ1) is 14.4. The minimum absolute atomic E-state index is 0.619. The summed E-state index contributed by atoms with van der Waals surface area (Å²) in [6.45, 7) is 9.81. The van der Waals surface area contributed by atoms with Crippen LogP contribution in [0.1, 0.15) is 29.2 Å². The van der Waals surface area contributed by atoms with Crippen LogP contribution in [0, 0.1) is 20.8 Å². The molecule has 0 amide bonds. The standard InChI is InChI=1S/C17H22N2O/c1-5-20-17-16(7-6-8-18-17)19-11-15-13(3)9-12(2)10-14(15)4/h6-10,19H,5,11H2,1-4H3. The van der Waals surface area contributed by atoms with Gasteiger partial charge in [-0.1, -0.05) is 17.7 Å². The molecule has 0 spiro atoms. The molecule has 1 heterocycles. The van der Waals surface area contributed by atoms with E-state index in [1.54, 1.807) is 6.20 Å². The van der Waals surface area contributed by atoms with Crippen molar-refractivity contribution in [2.45, 2.75) is 34.2 Å². The van der Waals surface area contributed by atoms with Gasteiger partial charge in [0.2, 0.25) is 5.88 Å². The average Bonchev–Trinajstić information content (AvgIpc) is 2.39. The number of rotatable bonds is 5. The molecule has 2 aromatic rings. The SMILES string of the molecule is CCOc1ncccc1NCc1c(C)cc(C)cc1C. The summed E-state index contributed by atoms with van der Waals surface area (Å²) in [6, 6.07) is 8.35. The van der Waals surface area contributed by atoms with Crippen molar-refractivity contribution in [2.75, 3.05) is 11.9 Å². The highest BCUT2D eigenvalue weighted by molar-refractivity contribution is 5.53. The molecule has 0 fully saturated rings. The first-order valence-corrected chi connectivity index (χ1v) is 7.00. The zero-order chi connectivity index (χ0) is 14.5. The largest absolute Gasteiger partial charge is 0.476 e. The molecule has 20 heavy (non-hydrogen) atoms. The Balaban J connectivity index is 2.17. The monoisotopic (exact) mass is 270 g/mol. The van der Waals surface area contributed by atoms with Crippen molar-refractivity contribution in [1.82, 2.24) is 4.98 Å². The van der Waals surface area contributed by atoms with Gasteiger partial charge in [0.25, 0.3) is 0 Å². The molecule has 3 nitrogen and oxygen atoms in total. The molecule has 1 aromatic carbocycles. The smallest absolute Gasteiger partial charge is 0.237 e. The Morgan fingerprint density at radius 2 is 1.85 bits per heavy atom. The molecule has 3 heteroatoms. The summed E-state index contributed by atoms with van der Waals surface area (Å²) in [5, 5.41) is 3.43. The molecule has 1 N–H and O–H groups in total. The zero-order valence-corrected chi connectivity index (χ0v) is 12.7. The number of pyridine rings is 1. The van der Waals surface area contributed by atoms with E-state index in [1.165, 1.54) is 22.3 Å². The fourth-order valence-electron chi connectivity index (χ4n) is 2.45. The molecule has 106 valence electrons. The van der Waals surface area contributed by atoms with Gasteiger partial charge in [-0.2, -0.15) is 0 Å². The van der Waals surface area contributed by atoms with Crippen LogP contribution < -0.4 is 10.1 Å². The minimum Gasteiger partial charge on any atom is -0.476 e. The van der Waals surface area contributed by atoms with Gasteiger partial charge in [-0.25, -0.2) is 4.98 Å². The van der Waals surface area contributed by atoms with Crippen molar-refractivity contribution in [2.24, 2.45) is 0 Å². The van der Waals surface area contributed by atoms with E-state index in [1.807, 2.05) is 19.1 Å². The van der Waals surface area contributed by atoms with Gasteiger partial charge < -0.3 is 10.1 Å². The third kappa shape index (κ3) is 3.29. The van der Waals surface area contributed by atoms with E-state index in [0.717, 1.165) is 12.2 Å². The summed E-state index contributed by atoms with van der Waals surface area (Å²) in [5.74, 6) is 0.664. The highest BCUT2D eigenvalue weighted by Gasteiger charge is 2.07. The van der Waals surface area contributed by atoms with Crippen LogP contribution in [0.25, 0.3) is 0 Å². The van der Waals surface area contributed by atoms with Gasteiger partial charge in [0.1, 0.15) is 0 Å². The van der Waals surface area contributed by atoms with Gasteiger partial charge in [0.15, 0.2) is 0 Å². The van der Waals surface area contributed by atoms with Crippen molar-refractivity contribution in [3.8, 4) is 5.88 Å². The lowest BCUT2D eigenvalue weighted by Gasteiger charge is -2.15. The zero-order valence-electron chi connectivity index (χ0n) is 12.7. The lowest BCUT2D eigenvalue weighted by Crippen LogP contribution is -2.06. The maximum atomic E-state index is 5.53. The van der Waals surface area contributed by atoms with Gasteiger partial charge in [0.05, 0.1) is 12.3 Å². The third-order valence-corrected chi connectivity index (χ3v) is 3.35. The van der Waals surface area contributed by atoms with Crippen molar-refractivity contribution < 1.29 is 4.74 Å². The summed E-state index contributed by atoms with van der Waals surface area (Å²) in [4.78, 5) is 4.25. The lowest BCUT2D eigenvalue weighted by molar-refractivity contribution is 0.328. The summed E-state index contributed by atoms with van der Waals surface area (Å²) >= 11 is 0. The van der Waals surface area contributed by atoms with Crippen molar-refractivity contribution in [3.63, 3.8) is 0 Å². The van der Waals surface area contributed by atoms with Crippen LogP contribution in [0.2, 0.25) is 0 Å². The molecular weight excluding hydrogens is 248 g/mol. The Morgan fingerprint density at radius 1 is 1.15 bits per heavy atom. The second-order valence-corrected chi connectivity index (χ2v) is 5.02. The van der Waals surface area contributed by atoms with Crippen LogP contribution in [0.3, 0.4) is 0 Å². The van der Waals surface area contributed by atoms with Crippen LogP contribution in [-0.2, 0) is 6.54 Å². The number of nitrogens with zero attached hydrogens (tertiary/aromatic N) is 1. The van der Waals surface area contributed by atoms with Crippen molar-refractivity contribution in [3.05, 3.63) is 52.7 Å². The number of hydrogen-bond acceptors (Lipinski definition) is 3. The third-order valence-electron chi connectivity index (χ3n) is 3.35. The lowest BCUT2D eigenvalue weighted by atomic mass is 10.00. The number of hydrogen-bond donors (Lipinski definition) is 1. The second kappa shape index (κ2) is 6.42. The van der Waals surface area contributed by atoms with Crippen LogP contribution in [-0.4, -0.2) is 11.6 Å². The first-order chi connectivity index (χ1) is 9.61. The molecule has 0 radical (unpaired) electrons. The Hall–Kier alpha value is -2.03. The summed E-state index contributed by atoms with van der Waals surface area (Å²) in [7, 11) is 0. The van der Waals surface area contributed by atoms with E-state index in [4.69, 9.17) is 4.74 Å². The number of benzene rings is 1. The fourth-order valence-corrected chi connectivity index (χ4v) is 2.45. The van der Waals surface area contributed by atoms with E-state index >= 15 is 0 Å². The maximum absolute atomic E-state index is 5.53. The topological polar surface area (TPSA) is 34.1 Å². The summed E-state index contributed by atoms with van der Waals surface area (Å²) < 4.78 is 5.53. The first-order valence-electron chi connectivity index (χ1n) is 7.00. The predicted octanol–water partition coefficient (Wildman–Crippen LogP) is 4.02. The molecular formula is C17H22N2O. The molecule has 0 atom stereocenters. The molecule has 0 saturated carbocycles. The van der Waals surface area contributed by atoms with Gasteiger partial charge in [-0.3, -0.25) is 0 Å². The number of aryl methyl sites for hydroxylation is 3. The van der Waals surface area contributed by atoms with Gasteiger partial charge in [0, 0.05) is 12.7 Å². The molecule has 2 rings (SSSR count). The predicted molar refractivity (Wildman–Crippen MR) is 83.4 cm³/mol. The Bertz CT molecular complexity index is 570.